The maximum Gasteiger partial charge on any atom is 0.266 e. The standard InChI is InChI=1S/C19H22N2O4S3/c1-20(15-9-11-28(24,25)13-15)17(22)8-5-10-21-18(23)16(27-19(21)26)12-14-6-3-2-4-7-14/h2-4,6-7,12,15H,5,8-11,13H2,1H3/b16-12-/t15-/m1/s1. The van der Waals surface area contributed by atoms with Crippen LogP contribution in [0.1, 0.15) is 24.8 Å². The third kappa shape index (κ3) is 5.01. The highest BCUT2D eigenvalue weighted by Crippen LogP contribution is 2.32. The number of sulfone groups is 1. The van der Waals surface area contributed by atoms with Gasteiger partial charge in [-0.05, 0) is 24.5 Å². The Hall–Kier alpha value is -1.71. The fourth-order valence-corrected chi connectivity index (χ4v) is 6.33. The van der Waals surface area contributed by atoms with Crippen molar-refractivity contribution in [1.82, 2.24) is 9.80 Å². The average molecular weight is 439 g/mol. The molecule has 0 bridgehead atoms. The van der Waals surface area contributed by atoms with Crippen molar-refractivity contribution < 1.29 is 18.0 Å². The molecule has 1 atom stereocenters. The van der Waals surface area contributed by atoms with Crippen molar-refractivity contribution in [2.75, 3.05) is 25.1 Å². The van der Waals surface area contributed by atoms with Crippen LogP contribution in [0.15, 0.2) is 35.2 Å². The van der Waals surface area contributed by atoms with Crippen LogP contribution in [0.25, 0.3) is 6.08 Å². The van der Waals surface area contributed by atoms with Gasteiger partial charge in [0.15, 0.2) is 9.84 Å². The molecule has 1 aromatic rings. The lowest BCUT2D eigenvalue weighted by molar-refractivity contribution is -0.132. The van der Waals surface area contributed by atoms with Crippen LogP contribution < -0.4 is 0 Å². The van der Waals surface area contributed by atoms with Crippen molar-refractivity contribution in [3.63, 3.8) is 0 Å². The van der Waals surface area contributed by atoms with Crippen molar-refractivity contribution in [2.45, 2.75) is 25.3 Å². The molecule has 0 unspecified atom stereocenters. The van der Waals surface area contributed by atoms with Gasteiger partial charge < -0.3 is 4.90 Å². The normalized spacial score (nSPS) is 22.8. The first-order valence-electron chi connectivity index (χ1n) is 9.03. The number of amides is 2. The van der Waals surface area contributed by atoms with Crippen LogP contribution in [0.2, 0.25) is 0 Å². The zero-order valence-corrected chi connectivity index (χ0v) is 18.0. The second-order valence-electron chi connectivity index (χ2n) is 6.91. The fourth-order valence-electron chi connectivity index (χ4n) is 3.24. The van der Waals surface area contributed by atoms with Crippen molar-refractivity contribution >= 4 is 56.0 Å². The van der Waals surface area contributed by atoms with Gasteiger partial charge in [-0.25, -0.2) is 8.42 Å². The number of hydrogen-bond acceptors (Lipinski definition) is 6. The number of benzene rings is 1. The molecule has 0 radical (unpaired) electrons. The molecule has 28 heavy (non-hydrogen) atoms. The first-order chi connectivity index (χ1) is 13.3. The summed E-state index contributed by atoms with van der Waals surface area (Å²) in [5.74, 6) is -0.0673. The third-order valence-corrected chi connectivity index (χ3v) is 8.02. The quantitative estimate of drug-likeness (QED) is 0.501. The summed E-state index contributed by atoms with van der Waals surface area (Å²) in [5, 5.41) is 0. The molecule has 3 rings (SSSR count). The molecule has 2 aliphatic heterocycles. The molecule has 0 aromatic heterocycles. The number of nitrogens with zero attached hydrogens (tertiary/aromatic N) is 2. The first-order valence-corrected chi connectivity index (χ1v) is 12.1. The Kier molecular flexibility index (Phi) is 6.57. The van der Waals surface area contributed by atoms with Gasteiger partial charge in [0.25, 0.3) is 5.91 Å². The van der Waals surface area contributed by atoms with E-state index < -0.39 is 9.84 Å². The van der Waals surface area contributed by atoms with E-state index >= 15 is 0 Å². The Bertz CT molecular complexity index is 912. The van der Waals surface area contributed by atoms with Gasteiger partial charge in [0.2, 0.25) is 5.91 Å². The zero-order valence-electron chi connectivity index (χ0n) is 15.5. The van der Waals surface area contributed by atoms with Crippen LogP contribution in [0, 0.1) is 0 Å². The van der Waals surface area contributed by atoms with Crippen LogP contribution in [-0.2, 0) is 19.4 Å². The Morgan fingerprint density at radius 3 is 2.71 bits per heavy atom. The summed E-state index contributed by atoms with van der Waals surface area (Å²) >= 11 is 6.59. The van der Waals surface area contributed by atoms with Crippen molar-refractivity contribution in [3.05, 3.63) is 40.8 Å². The molecule has 0 N–H and O–H groups in total. The molecule has 0 spiro atoms. The van der Waals surface area contributed by atoms with Gasteiger partial charge in [-0.2, -0.15) is 0 Å². The number of rotatable bonds is 6. The van der Waals surface area contributed by atoms with E-state index in [4.69, 9.17) is 12.2 Å². The fraction of sp³-hybridized carbons (Fsp3) is 0.421. The minimum absolute atomic E-state index is 0.0359. The van der Waals surface area contributed by atoms with E-state index in [-0.39, 0.29) is 35.8 Å². The van der Waals surface area contributed by atoms with E-state index in [1.165, 1.54) is 21.6 Å². The third-order valence-electron chi connectivity index (χ3n) is 4.89. The van der Waals surface area contributed by atoms with E-state index in [1.807, 2.05) is 36.4 Å². The molecule has 9 heteroatoms. The lowest BCUT2D eigenvalue weighted by Crippen LogP contribution is -2.38. The van der Waals surface area contributed by atoms with Crippen LogP contribution in [0.5, 0.6) is 0 Å². The first kappa shape index (κ1) is 21.0. The predicted octanol–water partition coefficient (Wildman–Crippen LogP) is 2.31. The van der Waals surface area contributed by atoms with E-state index in [0.717, 1.165) is 5.56 Å². The number of thioether (sulfide) groups is 1. The molecule has 2 aliphatic rings. The Morgan fingerprint density at radius 2 is 2.07 bits per heavy atom. The molecule has 2 saturated heterocycles. The number of carbonyl (C=O) groups is 2. The minimum atomic E-state index is -3.03. The maximum absolute atomic E-state index is 12.6. The van der Waals surface area contributed by atoms with Crippen LogP contribution in [0.3, 0.4) is 0 Å². The smallest absolute Gasteiger partial charge is 0.266 e. The topological polar surface area (TPSA) is 74.8 Å². The highest BCUT2D eigenvalue weighted by molar-refractivity contribution is 8.26. The van der Waals surface area contributed by atoms with Crippen molar-refractivity contribution in [3.8, 4) is 0 Å². The summed E-state index contributed by atoms with van der Waals surface area (Å²) in [5.41, 5.74) is 0.936. The summed E-state index contributed by atoms with van der Waals surface area (Å²) in [6.45, 7) is 0.374. The summed E-state index contributed by atoms with van der Waals surface area (Å²) in [7, 11) is -1.38. The van der Waals surface area contributed by atoms with Gasteiger partial charge in [0.1, 0.15) is 4.32 Å². The van der Waals surface area contributed by atoms with E-state index in [2.05, 4.69) is 0 Å². The van der Waals surface area contributed by atoms with Gasteiger partial charge >= 0.3 is 0 Å². The Morgan fingerprint density at radius 1 is 1.36 bits per heavy atom. The Balaban J connectivity index is 1.52. The monoisotopic (exact) mass is 438 g/mol. The minimum Gasteiger partial charge on any atom is -0.342 e. The van der Waals surface area contributed by atoms with Crippen LogP contribution in [-0.4, -0.2) is 65.5 Å². The summed E-state index contributed by atoms with van der Waals surface area (Å²) < 4.78 is 23.7. The van der Waals surface area contributed by atoms with Gasteiger partial charge in [0, 0.05) is 26.1 Å². The second kappa shape index (κ2) is 8.75. The van der Waals surface area contributed by atoms with Crippen LogP contribution in [0.4, 0.5) is 0 Å². The average Bonchev–Trinajstić information content (AvgIpc) is 3.15. The molecule has 6 nitrogen and oxygen atoms in total. The van der Waals surface area contributed by atoms with Crippen LogP contribution >= 0.6 is 24.0 Å². The number of thiocarbonyl (C=S) groups is 1. The molecule has 150 valence electrons. The maximum atomic E-state index is 12.6. The summed E-state index contributed by atoms with van der Waals surface area (Å²) in [6, 6.07) is 9.32. The molecular formula is C19H22N2O4S3. The van der Waals surface area contributed by atoms with E-state index in [9.17, 15) is 18.0 Å². The molecule has 2 amide bonds. The predicted molar refractivity (Wildman–Crippen MR) is 115 cm³/mol. The molecular weight excluding hydrogens is 416 g/mol. The highest BCUT2D eigenvalue weighted by Gasteiger charge is 2.34. The molecule has 1 aromatic carbocycles. The molecule has 2 fully saturated rings. The molecule has 2 heterocycles. The van der Waals surface area contributed by atoms with Gasteiger partial charge in [-0.1, -0.05) is 54.3 Å². The number of hydrogen-bond donors (Lipinski definition) is 0. The lowest BCUT2D eigenvalue weighted by atomic mass is 10.2. The number of carbonyl (C=O) groups excluding carboxylic acids is 2. The summed E-state index contributed by atoms with van der Waals surface area (Å²) in [6.07, 6.45) is 3.04. The van der Waals surface area contributed by atoms with E-state index in [1.54, 1.807) is 7.05 Å². The van der Waals surface area contributed by atoms with Gasteiger partial charge in [-0.15, -0.1) is 0 Å². The van der Waals surface area contributed by atoms with Crippen molar-refractivity contribution in [2.24, 2.45) is 0 Å². The molecule has 0 saturated carbocycles. The highest BCUT2D eigenvalue weighted by atomic mass is 32.2. The lowest BCUT2D eigenvalue weighted by Gasteiger charge is -2.24. The van der Waals surface area contributed by atoms with Crippen molar-refractivity contribution in [1.29, 1.82) is 0 Å². The van der Waals surface area contributed by atoms with Gasteiger partial charge in [-0.3, -0.25) is 14.5 Å². The summed E-state index contributed by atoms with van der Waals surface area (Å²) in [4.78, 5) is 28.6. The Labute approximate surface area is 174 Å². The zero-order chi connectivity index (χ0) is 20.3. The largest absolute Gasteiger partial charge is 0.342 e. The second-order valence-corrected chi connectivity index (χ2v) is 10.8. The van der Waals surface area contributed by atoms with Gasteiger partial charge in [0.05, 0.1) is 16.4 Å². The SMILES string of the molecule is CN(C(=O)CCCN1C(=O)/C(=C/c2ccccc2)SC1=S)[C@@H]1CCS(=O)(=O)C1. The molecule has 0 aliphatic carbocycles. The van der Waals surface area contributed by atoms with E-state index in [0.29, 0.717) is 28.6 Å².